The molecule has 3 aromatic rings. The van der Waals surface area contributed by atoms with Crippen molar-refractivity contribution in [3.63, 3.8) is 0 Å². The monoisotopic (exact) mass is 440 g/mol. The van der Waals surface area contributed by atoms with E-state index in [0.717, 1.165) is 29.7 Å². The van der Waals surface area contributed by atoms with Gasteiger partial charge in [-0.2, -0.15) is 0 Å². The molecule has 1 aliphatic rings. The number of aryl methyl sites for hydroxylation is 1. The molecule has 0 aromatic carbocycles. The van der Waals surface area contributed by atoms with Gasteiger partial charge < -0.3 is 15.8 Å². The van der Waals surface area contributed by atoms with E-state index in [-0.39, 0.29) is 11.3 Å². The third-order valence-corrected chi connectivity index (χ3v) is 7.36. The third kappa shape index (κ3) is 3.69. The van der Waals surface area contributed by atoms with Gasteiger partial charge in [-0.05, 0) is 55.2 Å². The van der Waals surface area contributed by atoms with Gasteiger partial charge in [-0.25, -0.2) is 4.98 Å². The fourth-order valence-electron chi connectivity index (χ4n) is 4.43. The van der Waals surface area contributed by atoms with Crippen LogP contribution in [0.5, 0.6) is 5.75 Å². The number of methoxy groups -OCH3 is 1. The lowest BCUT2D eigenvalue weighted by atomic mass is 9.72. The van der Waals surface area contributed by atoms with Gasteiger partial charge in [0.1, 0.15) is 10.7 Å². The van der Waals surface area contributed by atoms with E-state index < -0.39 is 5.91 Å². The zero-order chi connectivity index (χ0) is 22.5. The van der Waals surface area contributed by atoms with Crippen LogP contribution in [0.3, 0.4) is 0 Å². The summed E-state index contributed by atoms with van der Waals surface area (Å²) in [5.74, 6) is 0.281. The molecule has 1 atom stereocenters. The topological polar surface area (TPSA) is 98.7 Å². The van der Waals surface area contributed by atoms with Gasteiger partial charge in [0.05, 0.1) is 18.4 Å². The Morgan fingerprint density at radius 2 is 2.10 bits per heavy atom. The molecule has 0 saturated heterocycles. The summed E-state index contributed by atoms with van der Waals surface area (Å²) in [6.07, 6.45) is 4.47. The minimum absolute atomic E-state index is 0.185. The number of amides is 2. The third-order valence-electron chi connectivity index (χ3n) is 6.19. The van der Waals surface area contributed by atoms with E-state index in [1.54, 1.807) is 36.8 Å². The lowest BCUT2D eigenvalue weighted by Crippen LogP contribution is -2.27. The van der Waals surface area contributed by atoms with Crippen molar-refractivity contribution in [3.05, 3.63) is 45.7 Å². The Morgan fingerprint density at radius 3 is 2.74 bits per heavy atom. The molecule has 3 heterocycles. The molecule has 0 fully saturated rings. The average Bonchev–Trinajstić information content (AvgIpc) is 3.22. The predicted octanol–water partition coefficient (Wildman–Crippen LogP) is 4.22. The van der Waals surface area contributed by atoms with Gasteiger partial charge in [-0.15, -0.1) is 11.3 Å². The molecule has 3 N–H and O–H groups in total. The summed E-state index contributed by atoms with van der Waals surface area (Å²) < 4.78 is 7.07. The molecule has 0 aliphatic heterocycles. The number of hydrogen-bond donors (Lipinski definition) is 2. The number of hydrogen-bond acceptors (Lipinski definition) is 5. The van der Waals surface area contributed by atoms with Gasteiger partial charge in [0, 0.05) is 11.1 Å². The number of primary amides is 1. The van der Waals surface area contributed by atoms with E-state index >= 15 is 0 Å². The Labute approximate surface area is 185 Å². The van der Waals surface area contributed by atoms with Crippen LogP contribution in [0.25, 0.3) is 5.65 Å². The zero-order valence-electron chi connectivity index (χ0n) is 18.5. The summed E-state index contributed by atoms with van der Waals surface area (Å²) in [6.45, 7) is 8.52. The molecule has 8 heteroatoms. The summed E-state index contributed by atoms with van der Waals surface area (Å²) in [7, 11) is 1.57. The SMILES string of the molecule is COc1cccn2c(C(=O)Nc3sc4c(c3C(N)=O)CCC(C(C)(C)C)C4)c(C)nc12. The van der Waals surface area contributed by atoms with Crippen LogP contribution < -0.4 is 15.8 Å². The first-order chi connectivity index (χ1) is 14.6. The van der Waals surface area contributed by atoms with E-state index in [1.807, 2.05) is 0 Å². The van der Waals surface area contributed by atoms with Crippen molar-refractivity contribution in [2.75, 3.05) is 12.4 Å². The summed E-state index contributed by atoms with van der Waals surface area (Å²) in [4.78, 5) is 31.2. The number of ether oxygens (including phenoxy) is 1. The zero-order valence-corrected chi connectivity index (χ0v) is 19.4. The number of nitrogens with one attached hydrogen (secondary N) is 1. The lowest BCUT2D eigenvalue weighted by molar-refractivity contribution is 0.1000. The Hall–Kier alpha value is -2.87. The molecule has 164 valence electrons. The van der Waals surface area contributed by atoms with Crippen LogP contribution in [-0.2, 0) is 12.8 Å². The molecule has 3 aromatic heterocycles. The van der Waals surface area contributed by atoms with Crippen LogP contribution in [0.1, 0.15) is 64.2 Å². The molecule has 0 radical (unpaired) electrons. The Balaban J connectivity index is 1.72. The first kappa shape index (κ1) is 21.4. The first-order valence-electron chi connectivity index (χ1n) is 10.4. The number of carbonyl (C=O) groups excluding carboxylic acids is 2. The van der Waals surface area contributed by atoms with Crippen LogP contribution in [-0.4, -0.2) is 28.3 Å². The summed E-state index contributed by atoms with van der Waals surface area (Å²) in [5.41, 5.74) is 8.92. The molecule has 0 spiro atoms. The van der Waals surface area contributed by atoms with Gasteiger partial charge in [-0.1, -0.05) is 20.8 Å². The summed E-state index contributed by atoms with van der Waals surface area (Å²) in [5, 5.41) is 3.48. The number of rotatable bonds is 4. The van der Waals surface area contributed by atoms with Crippen molar-refractivity contribution in [3.8, 4) is 5.75 Å². The second-order valence-electron chi connectivity index (χ2n) is 9.15. The Bertz CT molecular complexity index is 1190. The fourth-order valence-corrected chi connectivity index (χ4v) is 5.75. The van der Waals surface area contributed by atoms with Gasteiger partial charge >= 0.3 is 0 Å². The van der Waals surface area contributed by atoms with Crippen molar-refractivity contribution in [1.29, 1.82) is 0 Å². The molecular weight excluding hydrogens is 412 g/mol. The van der Waals surface area contributed by atoms with E-state index in [4.69, 9.17) is 10.5 Å². The van der Waals surface area contributed by atoms with Crippen molar-refractivity contribution in [1.82, 2.24) is 9.38 Å². The maximum atomic E-state index is 13.3. The summed E-state index contributed by atoms with van der Waals surface area (Å²) in [6, 6.07) is 3.60. The van der Waals surface area contributed by atoms with Crippen molar-refractivity contribution >= 4 is 33.8 Å². The highest BCUT2D eigenvalue weighted by molar-refractivity contribution is 7.17. The van der Waals surface area contributed by atoms with Crippen molar-refractivity contribution < 1.29 is 14.3 Å². The fraction of sp³-hybridized carbons (Fsp3) is 0.435. The van der Waals surface area contributed by atoms with Crippen molar-refractivity contribution in [2.24, 2.45) is 17.1 Å². The number of thiophene rings is 1. The number of carbonyl (C=O) groups is 2. The van der Waals surface area contributed by atoms with Gasteiger partial charge in [0.15, 0.2) is 11.4 Å². The second kappa shape index (κ2) is 7.67. The molecule has 0 bridgehead atoms. The maximum absolute atomic E-state index is 13.3. The summed E-state index contributed by atoms with van der Waals surface area (Å²) >= 11 is 1.47. The van der Waals surface area contributed by atoms with Gasteiger partial charge in [0.25, 0.3) is 11.8 Å². The van der Waals surface area contributed by atoms with Crippen LogP contribution in [0.2, 0.25) is 0 Å². The van der Waals surface area contributed by atoms with E-state index in [9.17, 15) is 9.59 Å². The Morgan fingerprint density at radius 1 is 1.35 bits per heavy atom. The van der Waals surface area contributed by atoms with Crippen LogP contribution in [0.15, 0.2) is 18.3 Å². The number of aromatic nitrogens is 2. The number of nitrogens with two attached hydrogens (primary N) is 1. The number of fused-ring (bicyclic) bond motifs is 2. The molecule has 31 heavy (non-hydrogen) atoms. The van der Waals surface area contributed by atoms with Crippen LogP contribution in [0, 0.1) is 18.3 Å². The largest absolute Gasteiger partial charge is 0.493 e. The van der Waals surface area contributed by atoms with Gasteiger partial charge in [-0.3, -0.25) is 14.0 Å². The van der Waals surface area contributed by atoms with Crippen LogP contribution >= 0.6 is 11.3 Å². The second-order valence-corrected chi connectivity index (χ2v) is 10.3. The minimum Gasteiger partial charge on any atom is -0.493 e. The standard InChI is InChI=1S/C23H28N4O3S/c1-12-18(27-10-6-7-15(30-5)20(27)25-12)21(29)26-22-17(19(24)28)14-9-8-13(23(2,3)4)11-16(14)31-22/h6-7,10,13H,8-9,11H2,1-5H3,(H2,24,28)(H,26,29). The quantitative estimate of drug-likeness (QED) is 0.635. The molecular formula is C23H28N4O3S. The Kier molecular flexibility index (Phi) is 5.29. The minimum atomic E-state index is -0.501. The van der Waals surface area contributed by atoms with Crippen molar-refractivity contribution in [2.45, 2.75) is 47.0 Å². The van der Waals surface area contributed by atoms with E-state index in [0.29, 0.717) is 39.3 Å². The maximum Gasteiger partial charge on any atom is 0.275 e. The molecule has 1 unspecified atom stereocenters. The number of anilines is 1. The highest BCUT2D eigenvalue weighted by atomic mass is 32.1. The molecule has 2 amide bonds. The highest BCUT2D eigenvalue weighted by Crippen LogP contribution is 2.44. The normalized spacial score (nSPS) is 16.2. The smallest absolute Gasteiger partial charge is 0.275 e. The number of nitrogens with zero attached hydrogens (tertiary/aromatic N) is 2. The van der Waals surface area contributed by atoms with E-state index in [1.165, 1.54) is 11.3 Å². The predicted molar refractivity (Wildman–Crippen MR) is 122 cm³/mol. The number of pyridine rings is 1. The highest BCUT2D eigenvalue weighted by Gasteiger charge is 2.34. The lowest BCUT2D eigenvalue weighted by Gasteiger charge is -2.33. The molecule has 0 saturated carbocycles. The number of imidazole rings is 1. The molecule has 7 nitrogen and oxygen atoms in total. The average molecular weight is 441 g/mol. The van der Waals surface area contributed by atoms with E-state index in [2.05, 4.69) is 31.1 Å². The first-order valence-corrected chi connectivity index (χ1v) is 11.2. The molecule has 1 aliphatic carbocycles. The van der Waals surface area contributed by atoms with Gasteiger partial charge in [0.2, 0.25) is 0 Å². The van der Waals surface area contributed by atoms with Crippen LogP contribution in [0.4, 0.5) is 5.00 Å². The molecule has 4 rings (SSSR count).